The van der Waals surface area contributed by atoms with Gasteiger partial charge in [-0.15, -0.1) is 0 Å². The van der Waals surface area contributed by atoms with Crippen molar-refractivity contribution in [1.29, 1.82) is 0 Å². The number of rotatable bonds is 7. The van der Waals surface area contributed by atoms with E-state index in [1.54, 1.807) is 11.9 Å². The summed E-state index contributed by atoms with van der Waals surface area (Å²) in [5.41, 5.74) is 2.39. The standard InChI is InChI=1S/C14H21NO5.C8H11N.C6H12O6/c1-15(7-10-5-3-2-4-6-10)9-14(19)13(18)12(17)11(16)8-20-14;1-9-7-8-5-3-2-4-6-8;7-1-2-3(8)4(9)5(10)6(11)12-2/h2-6,11-13,16-19H,7-9H2,1H3;2-6,9H,7H2,1H3;2-11H,1H2/t11-,12-,13+,14-;;2-,3-,4+,5-,6+/m1.1/s1. The number of nitrogens with zero attached hydrogens (tertiary/aromatic N) is 1. The SMILES string of the molecule is CN(Cc1ccccc1)C[C@@]1(O)OC[C@@H](O)[C@@H](O)[C@@H]1O.CNCc1ccccc1.OC[C@H]1O[C@H](O)[C@H](O)[C@@H](O)[C@@H]1O. The van der Waals surface area contributed by atoms with Gasteiger partial charge in [0.1, 0.15) is 42.7 Å². The average Bonchev–Trinajstić information content (AvgIpc) is 2.97. The fourth-order valence-corrected chi connectivity index (χ4v) is 4.25. The first-order valence-electron chi connectivity index (χ1n) is 13.2. The molecule has 2 saturated heterocycles. The van der Waals surface area contributed by atoms with Gasteiger partial charge < -0.3 is 60.7 Å². The first kappa shape index (κ1) is 35.1. The second kappa shape index (κ2) is 17.1. The summed E-state index contributed by atoms with van der Waals surface area (Å²) in [6.07, 6.45) is -11.2. The van der Waals surface area contributed by atoms with Crippen molar-refractivity contribution in [2.75, 3.05) is 33.9 Å². The van der Waals surface area contributed by atoms with Crippen LogP contribution in [0.2, 0.25) is 0 Å². The second-order valence-corrected chi connectivity index (χ2v) is 10.1. The van der Waals surface area contributed by atoms with E-state index >= 15 is 0 Å². The maximum Gasteiger partial charge on any atom is 0.207 e. The van der Waals surface area contributed by atoms with E-state index in [0.717, 1.165) is 12.1 Å². The molecule has 0 bridgehead atoms. The zero-order valence-corrected chi connectivity index (χ0v) is 23.2. The van der Waals surface area contributed by atoms with Crippen LogP contribution in [0.1, 0.15) is 11.1 Å². The average molecular weight is 585 g/mol. The number of aliphatic hydroxyl groups is 9. The van der Waals surface area contributed by atoms with Crippen LogP contribution in [0, 0.1) is 0 Å². The Balaban J connectivity index is 0.000000237. The predicted molar refractivity (Wildman–Crippen MR) is 147 cm³/mol. The van der Waals surface area contributed by atoms with Gasteiger partial charge in [-0.1, -0.05) is 60.7 Å². The van der Waals surface area contributed by atoms with Crippen LogP contribution < -0.4 is 5.32 Å². The minimum atomic E-state index is -1.89. The molecular formula is C28H44N2O11. The molecule has 9 atom stereocenters. The smallest absolute Gasteiger partial charge is 0.207 e. The molecule has 0 radical (unpaired) electrons. The van der Waals surface area contributed by atoms with Crippen LogP contribution in [0.5, 0.6) is 0 Å². The summed E-state index contributed by atoms with van der Waals surface area (Å²) in [6.45, 7) is 0.807. The van der Waals surface area contributed by atoms with Crippen LogP contribution in [0.25, 0.3) is 0 Å². The zero-order valence-electron chi connectivity index (χ0n) is 23.2. The van der Waals surface area contributed by atoms with Crippen LogP contribution in [-0.4, -0.2) is 140 Å². The molecule has 232 valence electrons. The van der Waals surface area contributed by atoms with E-state index in [4.69, 9.17) is 30.3 Å². The molecule has 0 aliphatic carbocycles. The molecule has 2 aliphatic heterocycles. The Labute approximate surface area is 239 Å². The minimum Gasteiger partial charge on any atom is -0.394 e. The van der Waals surface area contributed by atoms with Gasteiger partial charge in [0.15, 0.2) is 6.29 Å². The van der Waals surface area contributed by atoms with Crippen molar-refractivity contribution in [3.05, 3.63) is 71.8 Å². The van der Waals surface area contributed by atoms with Gasteiger partial charge in [-0.05, 0) is 25.2 Å². The summed E-state index contributed by atoms with van der Waals surface area (Å²) in [6, 6.07) is 20.0. The summed E-state index contributed by atoms with van der Waals surface area (Å²) in [4.78, 5) is 1.78. The Bertz CT molecular complexity index is 971. The molecule has 0 saturated carbocycles. The van der Waals surface area contributed by atoms with E-state index in [1.807, 2.05) is 55.6 Å². The van der Waals surface area contributed by atoms with Crippen LogP contribution in [0.3, 0.4) is 0 Å². The van der Waals surface area contributed by atoms with Gasteiger partial charge >= 0.3 is 0 Å². The molecular weight excluding hydrogens is 540 g/mol. The molecule has 2 heterocycles. The van der Waals surface area contributed by atoms with Crippen LogP contribution in [0.4, 0.5) is 0 Å². The lowest BCUT2D eigenvalue weighted by Crippen LogP contribution is -2.64. The Morgan fingerprint density at radius 3 is 1.93 bits per heavy atom. The van der Waals surface area contributed by atoms with Crippen LogP contribution >= 0.6 is 0 Å². The fourth-order valence-electron chi connectivity index (χ4n) is 4.25. The Kier molecular flexibility index (Phi) is 14.7. The van der Waals surface area contributed by atoms with Gasteiger partial charge in [0.25, 0.3) is 0 Å². The van der Waals surface area contributed by atoms with E-state index in [-0.39, 0.29) is 13.2 Å². The molecule has 10 N–H and O–H groups in total. The lowest BCUT2D eigenvalue weighted by Gasteiger charge is -2.43. The first-order chi connectivity index (χ1) is 19.4. The van der Waals surface area contributed by atoms with E-state index in [1.165, 1.54) is 5.56 Å². The van der Waals surface area contributed by atoms with Crippen molar-refractivity contribution in [3.63, 3.8) is 0 Å². The predicted octanol–water partition coefficient (Wildman–Crippen LogP) is -2.90. The molecule has 2 aromatic carbocycles. The normalized spacial score (nSPS) is 33.3. The molecule has 0 spiro atoms. The fraction of sp³-hybridized carbons (Fsp3) is 0.571. The number of hydrogen-bond acceptors (Lipinski definition) is 13. The summed E-state index contributed by atoms with van der Waals surface area (Å²) in [5.74, 6) is -1.89. The summed E-state index contributed by atoms with van der Waals surface area (Å²) < 4.78 is 9.70. The lowest BCUT2D eigenvalue weighted by atomic mass is 9.96. The van der Waals surface area contributed by atoms with E-state index in [0.29, 0.717) is 6.54 Å². The summed E-state index contributed by atoms with van der Waals surface area (Å²) in [7, 11) is 3.73. The van der Waals surface area contributed by atoms with Crippen molar-refractivity contribution < 1.29 is 55.4 Å². The van der Waals surface area contributed by atoms with Gasteiger partial charge in [-0.2, -0.15) is 0 Å². The Morgan fingerprint density at radius 2 is 1.39 bits per heavy atom. The molecule has 4 rings (SSSR count). The number of ether oxygens (including phenoxy) is 2. The maximum absolute atomic E-state index is 10.3. The Hall–Kier alpha value is -2.08. The van der Waals surface area contributed by atoms with Crippen molar-refractivity contribution >= 4 is 0 Å². The summed E-state index contributed by atoms with van der Waals surface area (Å²) in [5, 5.41) is 86.9. The number of hydrogen-bond donors (Lipinski definition) is 10. The lowest BCUT2D eigenvalue weighted by molar-refractivity contribution is -0.324. The molecule has 0 unspecified atom stereocenters. The number of aliphatic hydroxyl groups excluding tert-OH is 8. The number of benzene rings is 2. The third-order valence-corrected chi connectivity index (χ3v) is 6.57. The van der Waals surface area contributed by atoms with Gasteiger partial charge in [-0.3, -0.25) is 4.90 Å². The highest BCUT2D eigenvalue weighted by molar-refractivity contribution is 5.15. The number of nitrogens with one attached hydrogen (secondary N) is 1. The topological polar surface area (TPSA) is 216 Å². The van der Waals surface area contributed by atoms with Gasteiger partial charge in [0.05, 0.1) is 19.8 Å². The molecule has 13 nitrogen and oxygen atoms in total. The van der Waals surface area contributed by atoms with Crippen molar-refractivity contribution in [3.8, 4) is 0 Å². The first-order valence-corrected chi connectivity index (χ1v) is 13.2. The summed E-state index contributed by atoms with van der Waals surface area (Å²) >= 11 is 0. The van der Waals surface area contributed by atoms with Gasteiger partial charge in [0.2, 0.25) is 5.79 Å². The molecule has 13 heteroatoms. The minimum absolute atomic E-state index is 0.0207. The monoisotopic (exact) mass is 584 g/mol. The highest BCUT2D eigenvalue weighted by atomic mass is 16.7. The third-order valence-electron chi connectivity index (χ3n) is 6.57. The highest BCUT2D eigenvalue weighted by Gasteiger charge is 2.48. The van der Waals surface area contributed by atoms with Crippen molar-refractivity contribution in [2.45, 2.75) is 67.9 Å². The van der Waals surface area contributed by atoms with E-state index < -0.39 is 61.4 Å². The van der Waals surface area contributed by atoms with Crippen molar-refractivity contribution in [1.82, 2.24) is 10.2 Å². The van der Waals surface area contributed by atoms with Gasteiger partial charge in [-0.25, -0.2) is 0 Å². The molecule has 2 aliphatic rings. The molecule has 2 aromatic rings. The maximum atomic E-state index is 10.3. The second-order valence-electron chi connectivity index (χ2n) is 10.1. The molecule has 2 fully saturated rings. The molecule has 0 aromatic heterocycles. The quantitative estimate of drug-likeness (QED) is 0.158. The van der Waals surface area contributed by atoms with E-state index in [2.05, 4.69) is 22.2 Å². The third kappa shape index (κ3) is 10.6. The van der Waals surface area contributed by atoms with Gasteiger partial charge in [0, 0.05) is 13.1 Å². The van der Waals surface area contributed by atoms with Crippen molar-refractivity contribution in [2.24, 2.45) is 0 Å². The number of likely N-dealkylation sites (N-methyl/N-ethyl adjacent to an activating group) is 1. The Morgan fingerprint density at radius 1 is 0.829 bits per heavy atom. The van der Waals surface area contributed by atoms with Crippen LogP contribution in [0.15, 0.2) is 60.7 Å². The highest BCUT2D eigenvalue weighted by Crippen LogP contribution is 2.25. The van der Waals surface area contributed by atoms with Crippen LogP contribution in [-0.2, 0) is 22.6 Å². The molecule has 0 amide bonds. The molecule has 41 heavy (non-hydrogen) atoms. The largest absolute Gasteiger partial charge is 0.394 e. The zero-order chi connectivity index (χ0) is 30.6. The van der Waals surface area contributed by atoms with E-state index in [9.17, 15) is 20.4 Å².